The lowest BCUT2D eigenvalue weighted by atomic mass is 10.1. The van der Waals surface area contributed by atoms with Crippen LogP contribution in [0.15, 0.2) is 17.1 Å². The summed E-state index contributed by atoms with van der Waals surface area (Å²) in [7, 11) is 1.49. The summed E-state index contributed by atoms with van der Waals surface area (Å²) in [6.07, 6.45) is 1.37. The minimum absolute atomic E-state index is 0.123. The molecule has 1 aromatic rings. The molecule has 0 aliphatic carbocycles. The van der Waals surface area contributed by atoms with Gasteiger partial charge in [-0.1, -0.05) is 0 Å². The lowest BCUT2D eigenvalue weighted by Gasteiger charge is -2.16. The van der Waals surface area contributed by atoms with Gasteiger partial charge in [-0.3, -0.25) is 9.59 Å². The Labute approximate surface area is 97.1 Å². The maximum Gasteiger partial charge on any atom is 0.326 e. The third-order valence-electron chi connectivity index (χ3n) is 2.29. The summed E-state index contributed by atoms with van der Waals surface area (Å²) in [5.74, 6) is -1.96. The second kappa shape index (κ2) is 5.46. The molecule has 4 N–H and O–H groups in total. The predicted molar refractivity (Wildman–Crippen MR) is 58.8 cm³/mol. The van der Waals surface area contributed by atoms with Crippen molar-refractivity contribution in [3.05, 3.63) is 28.2 Å². The van der Waals surface area contributed by atoms with Crippen LogP contribution in [0.5, 0.6) is 5.75 Å². The summed E-state index contributed by atoms with van der Waals surface area (Å²) >= 11 is 0. The molecule has 0 spiro atoms. The average molecular weight is 242 g/mol. The lowest BCUT2D eigenvalue weighted by Crippen LogP contribution is -2.27. The van der Waals surface area contributed by atoms with Crippen LogP contribution in [0, 0.1) is 0 Å². The van der Waals surface area contributed by atoms with Crippen LogP contribution < -0.4 is 11.2 Å². The van der Waals surface area contributed by atoms with E-state index in [4.69, 9.17) is 15.6 Å². The van der Waals surface area contributed by atoms with E-state index in [1.807, 2.05) is 0 Å². The van der Waals surface area contributed by atoms with Crippen molar-refractivity contribution in [2.75, 3.05) is 13.7 Å². The van der Waals surface area contributed by atoms with Gasteiger partial charge in [-0.25, -0.2) is 0 Å². The van der Waals surface area contributed by atoms with Gasteiger partial charge in [-0.2, -0.15) is 0 Å². The number of methoxy groups -OCH3 is 1. The fraction of sp³-hybridized carbons (Fsp3) is 0.400. The number of aromatic nitrogens is 1. The van der Waals surface area contributed by atoms with Gasteiger partial charge in [0, 0.05) is 25.9 Å². The maximum atomic E-state index is 11.2. The Bertz CT molecular complexity index is 468. The molecule has 17 heavy (non-hydrogen) atoms. The minimum atomic E-state index is -1.46. The molecule has 1 aromatic heterocycles. The first-order valence-electron chi connectivity index (χ1n) is 4.88. The standard InChI is InChI=1S/C10H14N2O5/c1-17-5-4-12-3-2-6(13)9(14)8(12)7(11)10(15)16/h2-3,7,14H,4-5,11H2,1H3,(H,15,16). The van der Waals surface area contributed by atoms with Crippen molar-refractivity contribution in [1.29, 1.82) is 0 Å². The van der Waals surface area contributed by atoms with Gasteiger partial charge in [0.05, 0.1) is 12.3 Å². The molecule has 0 aliphatic rings. The van der Waals surface area contributed by atoms with Crippen LogP contribution in [0.1, 0.15) is 11.7 Å². The molecular formula is C10H14N2O5. The topological polar surface area (TPSA) is 115 Å². The van der Waals surface area contributed by atoms with E-state index in [-0.39, 0.29) is 5.69 Å². The molecule has 0 aromatic carbocycles. The van der Waals surface area contributed by atoms with Gasteiger partial charge in [0.1, 0.15) is 6.04 Å². The van der Waals surface area contributed by atoms with Gasteiger partial charge in [0.15, 0.2) is 5.75 Å². The molecule has 7 nitrogen and oxygen atoms in total. The Morgan fingerprint density at radius 3 is 2.82 bits per heavy atom. The number of aromatic hydroxyl groups is 1. The van der Waals surface area contributed by atoms with Crippen molar-refractivity contribution in [2.45, 2.75) is 12.6 Å². The largest absolute Gasteiger partial charge is 0.503 e. The summed E-state index contributed by atoms with van der Waals surface area (Å²) < 4.78 is 6.23. The van der Waals surface area contributed by atoms with Crippen LogP contribution >= 0.6 is 0 Å². The van der Waals surface area contributed by atoms with Crippen molar-refractivity contribution < 1.29 is 19.7 Å². The molecule has 1 rings (SSSR count). The van der Waals surface area contributed by atoms with E-state index in [1.54, 1.807) is 0 Å². The highest BCUT2D eigenvalue weighted by atomic mass is 16.5. The van der Waals surface area contributed by atoms with Gasteiger partial charge < -0.3 is 25.3 Å². The molecule has 1 heterocycles. The van der Waals surface area contributed by atoms with Gasteiger partial charge in [-0.05, 0) is 0 Å². The van der Waals surface area contributed by atoms with Gasteiger partial charge in [0.25, 0.3) is 0 Å². The second-order valence-corrected chi connectivity index (χ2v) is 3.42. The second-order valence-electron chi connectivity index (χ2n) is 3.42. The van der Waals surface area contributed by atoms with Gasteiger partial charge in [-0.15, -0.1) is 0 Å². The highest BCUT2D eigenvalue weighted by molar-refractivity contribution is 5.75. The highest BCUT2D eigenvalue weighted by Crippen LogP contribution is 2.18. The number of carboxylic acids is 1. The Morgan fingerprint density at radius 2 is 2.29 bits per heavy atom. The van der Waals surface area contributed by atoms with Crippen LogP contribution in [0.4, 0.5) is 0 Å². The molecule has 0 radical (unpaired) electrons. The number of nitrogens with zero attached hydrogens (tertiary/aromatic N) is 1. The maximum absolute atomic E-state index is 11.2. The monoisotopic (exact) mass is 242 g/mol. The predicted octanol–water partition coefficient (Wildman–Crippen LogP) is -0.715. The summed E-state index contributed by atoms with van der Waals surface area (Å²) in [4.78, 5) is 22.1. The van der Waals surface area contributed by atoms with E-state index < -0.39 is 23.2 Å². The molecule has 0 aliphatic heterocycles. The third kappa shape index (κ3) is 2.83. The molecule has 7 heteroatoms. The Hall–Kier alpha value is -1.86. The number of rotatable bonds is 5. The number of carbonyl (C=O) groups is 1. The molecule has 1 unspecified atom stereocenters. The molecule has 0 bridgehead atoms. The number of carboxylic acid groups (broad SMARTS) is 1. The van der Waals surface area contributed by atoms with E-state index in [9.17, 15) is 14.7 Å². The number of hydrogen-bond acceptors (Lipinski definition) is 5. The minimum Gasteiger partial charge on any atom is -0.503 e. The first kappa shape index (κ1) is 13.2. The van der Waals surface area contributed by atoms with Crippen molar-refractivity contribution >= 4 is 5.97 Å². The van der Waals surface area contributed by atoms with Crippen LogP contribution in [-0.2, 0) is 16.1 Å². The molecule has 0 saturated heterocycles. The molecule has 94 valence electrons. The van der Waals surface area contributed by atoms with Crippen molar-refractivity contribution in [3.8, 4) is 5.75 Å². The zero-order chi connectivity index (χ0) is 13.0. The quantitative estimate of drug-likeness (QED) is 0.628. The van der Waals surface area contributed by atoms with Gasteiger partial charge in [0.2, 0.25) is 5.43 Å². The zero-order valence-electron chi connectivity index (χ0n) is 9.29. The lowest BCUT2D eigenvalue weighted by molar-refractivity contribution is -0.138. The average Bonchev–Trinajstić information content (AvgIpc) is 2.29. The number of ether oxygens (including phenoxy) is 1. The highest BCUT2D eigenvalue weighted by Gasteiger charge is 2.23. The fourth-order valence-electron chi connectivity index (χ4n) is 1.41. The van der Waals surface area contributed by atoms with E-state index in [0.717, 1.165) is 6.07 Å². The first-order chi connectivity index (χ1) is 7.99. The molecular weight excluding hydrogens is 228 g/mol. The van der Waals surface area contributed by atoms with E-state index in [2.05, 4.69) is 0 Å². The van der Waals surface area contributed by atoms with Crippen molar-refractivity contribution in [3.63, 3.8) is 0 Å². The van der Waals surface area contributed by atoms with E-state index in [0.29, 0.717) is 13.2 Å². The first-order valence-corrected chi connectivity index (χ1v) is 4.88. The fourth-order valence-corrected chi connectivity index (χ4v) is 1.41. The number of aliphatic carboxylic acids is 1. The van der Waals surface area contributed by atoms with Crippen LogP contribution in [0.2, 0.25) is 0 Å². The zero-order valence-corrected chi connectivity index (χ0v) is 9.29. The Morgan fingerprint density at radius 1 is 1.65 bits per heavy atom. The van der Waals surface area contributed by atoms with Crippen molar-refractivity contribution in [2.24, 2.45) is 5.73 Å². The normalized spacial score (nSPS) is 12.4. The van der Waals surface area contributed by atoms with Crippen LogP contribution in [0.3, 0.4) is 0 Å². The summed E-state index contributed by atoms with van der Waals surface area (Å²) in [5.41, 5.74) is 4.64. The summed E-state index contributed by atoms with van der Waals surface area (Å²) in [5, 5.41) is 18.4. The molecule has 0 fully saturated rings. The van der Waals surface area contributed by atoms with Crippen molar-refractivity contribution in [1.82, 2.24) is 4.57 Å². The number of hydrogen-bond donors (Lipinski definition) is 3. The summed E-state index contributed by atoms with van der Waals surface area (Å²) in [6, 6.07) is -0.316. The third-order valence-corrected chi connectivity index (χ3v) is 2.29. The number of pyridine rings is 1. The number of nitrogens with two attached hydrogens (primary N) is 1. The Balaban J connectivity index is 3.25. The summed E-state index contributed by atoms with van der Waals surface area (Å²) in [6.45, 7) is 0.600. The molecule has 0 amide bonds. The van der Waals surface area contributed by atoms with E-state index >= 15 is 0 Å². The van der Waals surface area contributed by atoms with Gasteiger partial charge >= 0.3 is 5.97 Å². The van der Waals surface area contributed by atoms with Crippen LogP contribution in [-0.4, -0.2) is 34.5 Å². The van der Waals surface area contributed by atoms with E-state index in [1.165, 1.54) is 17.9 Å². The van der Waals surface area contributed by atoms with Crippen LogP contribution in [0.25, 0.3) is 0 Å². The molecule has 1 atom stereocenters. The molecule has 0 saturated carbocycles. The SMILES string of the molecule is COCCn1ccc(=O)c(O)c1C(N)C(=O)O. The smallest absolute Gasteiger partial charge is 0.326 e. The Kier molecular flexibility index (Phi) is 4.24.